The second-order valence-corrected chi connectivity index (χ2v) is 7.38. The van der Waals surface area contributed by atoms with Gasteiger partial charge in [0.15, 0.2) is 5.75 Å². The first-order valence-corrected chi connectivity index (χ1v) is 8.96. The third kappa shape index (κ3) is 4.74. The van der Waals surface area contributed by atoms with Gasteiger partial charge in [0, 0.05) is 25.2 Å². The summed E-state index contributed by atoms with van der Waals surface area (Å²) in [6, 6.07) is 3.27. The Morgan fingerprint density at radius 2 is 2.00 bits per heavy atom. The molecule has 1 aliphatic rings. The van der Waals surface area contributed by atoms with Crippen molar-refractivity contribution in [3.05, 3.63) is 28.3 Å². The van der Waals surface area contributed by atoms with E-state index >= 15 is 0 Å². The topological polar surface area (TPSA) is 102 Å². The Morgan fingerprint density at radius 1 is 1.38 bits per heavy atom. The van der Waals surface area contributed by atoms with Crippen molar-refractivity contribution in [3.63, 3.8) is 0 Å². The van der Waals surface area contributed by atoms with Crippen molar-refractivity contribution in [1.29, 1.82) is 0 Å². The van der Waals surface area contributed by atoms with Crippen LogP contribution in [0.5, 0.6) is 5.75 Å². The standard InChI is InChI=1S/C13H17F2N3O5S/c1-24(21,22)17-6-4-9(5-7-17)16-11-3-2-10(18(19)20)8-12(11)23-13(14)15/h2-3,8-9,13,16H,4-7H2,1H3. The van der Waals surface area contributed by atoms with E-state index in [2.05, 4.69) is 10.1 Å². The molecule has 1 saturated heterocycles. The molecule has 0 radical (unpaired) electrons. The average Bonchev–Trinajstić information content (AvgIpc) is 2.48. The number of halogens is 2. The van der Waals surface area contributed by atoms with Crippen LogP contribution in [0.1, 0.15) is 12.8 Å². The fourth-order valence-corrected chi connectivity index (χ4v) is 3.36. The molecule has 0 bridgehead atoms. The van der Waals surface area contributed by atoms with Crippen LogP contribution < -0.4 is 10.1 Å². The molecular formula is C13H17F2N3O5S. The highest BCUT2D eigenvalue weighted by Gasteiger charge is 2.26. The summed E-state index contributed by atoms with van der Waals surface area (Å²) in [4.78, 5) is 10.0. The highest BCUT2D eigenvalue weighted by molar-refractivity contribution is 7.88. The lowest BCUT2D eigenvalue weighted by atomic mass is 10.1. The molecular weight excluding hydrogens is 348 g/mol. The molecule has 134 valence electrons. The fraction of sp³-hybridized carbons (Fsp3) is 0.538. The molecule has 0 saturated carbocycles. The van der Waals surface area contributed by atoms with Crippen molar-refractivity contribution in [3.8, 4) is 5.75 Å². The third-order valence-electron chi connectivity index (χ3n) is 3.67. The van der Waals surface area contributed by atoms with Gasteiger partial charge in [0.25, 0.3) is 5.69 Å². The van der Waals surface area contributed by atoms with Gasteiger partial charge < -0.3 is 10.1 Å². The van der Waals surface area contributed by atoms with Crippen molar-refractivity contribution >= 4 is 21.4 Å². The van der Waals surface area contributed by atoms with E-state index in [0.29, 0.717) is 25.9 Å². The number of nitro groups is 1. The van der Waals surface area contributed by atoms with E-state index in [9.17, 15) is 27.3 Å². The third-order valence-corrected chi connectivity index (χ3v) is 4.98. The Labute approximate surface area is 137 Å². The van der Waals surface area contributed by atoms with Gasteiger partial charge in [-0.3, -0.25) is 10.1 Å². The second kappa shape index (κ2) is 7.26. The van der Waals surface area contributed by atoms with Crippen molar-refractivity contribution in [1.82, 2.24) is 4.31 Å². The monoisotopic (exact) mass is 365 g/mol. The summed E-state index contributed by atoms with van der Waals surface area (Å²) in [5.41, 5.74) is -0.151. The molecule has 0 aliphatic carbocycles. The molecule has 0 atom stereocenters. The Balaban J connectivity index is 2.10. The van der Waals surface area contributed by atoms with Gasteiger partial charge in [-0.05, 0) is 18.9 Å². The number of hydrogen-bond acceptors (Lipinski definition) is 6. The highest BCUT2D eigenvalue weighted by atomic mass is 32.2. The first-order chi connectivity index (χ1) is 11.2. The van der Waals surface area contributed by atoms with E-state index < -0.39 is 21.6 Å². The quantitative estimate of drug-likeness (QED) is 0.611. The number of nitrogens with one attached hydrogen (secondary N) is 1. The maximum absolute atomic E-state index is 12.5. The lowest BCUT2D eigenvalue weighted by molar-refractivity contribution is -0.385. The maximum atomic E-state index is 12.5. The molecule has 1 heterocycles. The molecule has 1 aliphatic heterocycles. The summed E-state index contributed by atoms with van der Waals surface area (Å²) in [5.74, 6) is -0.315. The molecule has 1 fully saturated rings. The molecule has 8 nitrogen and oxygen atoms in total. The number of anilines is 1. The zero-order valence-electron chi connectivity index (χ0n) is 12.8. The van der Waals surface area contributed by atoms with Crippen LogP contribution >= 0.6 is 0 Å². The molecule has 11 heteroatoms. The van der Waals surface area contributed by atoms with Crippen LogP contribution in [0, 0.1) is 10.1 Å². The summed E-state index contributed by atoms with van der Waals surface area (Å²) in [6.45, 7) is -2.48. The van der Waals surface area contributed by atoms with Crippen molar-refractivity contribution in [2.45, 2.75) is 25.5 Å². The smallest absolute Gasteiger partial charge is 0.387 e. The fourth-order valence-electron chi connectivity index (χ4n) is 2.49. The lowest BCUT2D eigenvalue weighted by Crippen LogP contribution is -2.41. The maximum Gasteiger partial charge on any atom is 0.387 e. The first-order valence-electron chi connectivity index (χ1n) is 7.11. The van der Waals surface area contributed by atoms with Gasteiger partial charge in [0.05, 0.1) is 22.9 Å². The minimum absolute atomic E-state index is 0.149. The van der Waals surface area contributed by atoms with Crippen molar-refractivity contribution < 1.29 is 26.9 Å². The Kier molecular flexibility index (Phi) is 5.54. The number of ether oxygens (including phenoxy) is 1. The van der Waals surface area contributed by atoms with E-state index in [-0.39, 0.29) is 23.2 Å². The number of alkyl halides is 2. The summed E-state index contributed by atoms with van der Waals surface area (Å²) in [7, 11) is -3.25. The predicted octanol–water partition coefficient (Wildman–Crippen LogP) is 2.03. The molecule has 1 N–H and O–H groups in total. The van der Waals surface area contributed by atoms with E-state index in [1.807, 2.05) is 0 Å². The van der Waals surface area contributed by atoms with Gasteiger partial charge in [-0.15, -0.1) is 0 Å². The SMILES string of the molecule is CS(=O)(=O)N1CCC(Nc2ccc([N+](=O)[O-])cc2OC(F)F)CC1. The zero-order chi connectivity index (χ0) is 17.9. The number of rotatable bonds is 6. The molecule has 0 amide bonds. The average molecular weight is 365 g/mol. The second-order valence-electron chi connectivity index (χ2n) is 5.40. The van der Waals surface area contributed by atoms with Crippen LogP contribution in [0.25, 0.3) is 0 Å². The Hall–Kier alpha value is -2.01. The van der Waals surface area contributed by atoms with Gasteiger partial charge in [0.1, 0.15) is 0 Å². The van der Waals surface area contributed by atoms with Crippen LogP contribution in [0.4, 0.5) is 20.2 Å². The van der Waals surface area contributed by atoms with Gasteiger partial charge in [-0.1, -0.05) is 0 Å². The number of sulfonamides is 1. The largest absolute Gasteiger partial charge is 0.432 e. The molecule has 1 aromatic rings. The minimum atomic E-state index is -3.25. The minimum Gasteiger partial charge on any atom is -0.432 e. The normalized spacial score (nSPS) is 17.0. The van der Waals surface area contributed by atoms with Crippen molar-refractivity contribution in [2.75, 3.05) is 24.7 Å². The predicted molar refractivity (Wildman–Crippen MR) is 82.8 cm³/mol. The van der Waals surface area contributed by atoms with Crippen molar-refractivity contribution in [2.24, 2.45) is 0 Å². The van der Waals surface area contributed by atoms with Gasteiger partial charge in [-0.2, -0.15) is 8.78 Å². The van der Waals surface area contributed by atoms with E-state index in [4.69, 9.17) is 0 Å². The highest BCUT2D eigenvalue weighted by Crippen LogP contribution is 2.32. The number of nitrogens with zero attached hydrogens (tertiary/aromatic N) is 2. The number of hydrogen-bond donors (Lipinski definition) is 1. The van der Waals surface area contributed by atoms with Crippen LogP contribution in [0.2, 0.25) is 0 Å². The van der Waals surface area contributed by atoms with Gasteiger partial charge >= 0.3 is 6.61 Å². The summed E-state index contributed by atoms with van der Waals surface area (Å²) in [6.07, 6.45) is 2.10. The number of benzene rings is 1. The van der Waals surface area contributed by atoms with Crippen LogP contribution in [0.3, 0.4) is 0 Å². The number of non-ortho nitro benzene ring substituents is 1. The number of piperidine rings is 1. The Bertz CT molecular complexity index is 706. The van der Waals surface area contributed by atoms with E-state index in [1.165, 1.54) is 16.4 Å². The van der Waals surface area contributed by atoms with E-state index in [0.717, 1.165) is 12.3 Å². The molecule has 2 rings (SSSR count). The van der Waals surface area contributed by atoms with E-state index in [1.54, 1.807) is 0 Å². The molecule has 1 aromatic carbocycles. The van der Waals surface area contributed by atoms with Gasteiger partial charge in [0.2, 0.25) is 10.0 Å². The van der Waals surface area contributed by atoms with Crippen LogP contribution in [-0.2, 0) is 10.0 Å². The van der Waals surface area contributed by atoms with Crippen LogP contribution in [-0.4, -0.2) is 49.6 Å². The molecule has 0 unspecified atom stereocenters. The molecule has 0 spiro atoms. The van der Waals surface area contributed by atoms with Crippen LogP contribution in [0.15, 0.2) is 18.2 Å². The lowest BCUT2D eigenvalue weighted by Gasteiger charge is -2.31. The molecule has 0 aromatic heterocycles. The first kappa shape index (κ1) is 18.3. The van der Waals surface area contributed by atoms with Gasteiger partial charge in [-0.25, -0.2) is 12.7 Å². The number of nitro benzene ring substituents is 1. The zero-order valence-corrected chi connectivity index (χ0v) is 13.6. The molecule has 24 heavy (non-hydrogen) atoms. The Morgan fingerprint density at radius 3 is 2.50 bits per heavy atom. The summed E-state index contributed by atoms with van der Waals surface area (Å²) in [5, 5.41) is 13.7. The summed E-state index contributed by atoms with van der Waals surface area (Å²) >= 11 is 0. The summed E-state index contributed by atoms with van der Waals surface area (Å²) < 4.78 is 53.6.